The molecule has 2 N–H and O–H groups in total. The van der Waals surface area contributed by atoms with Gasteiger partial charge in [0.1, 0.15) is 11.4 Å². The smallest absolute Gasteiger partial charge is 0.257 e. The first kappa shape index (κ1) is 22.8. The molecular weight excluding hydrogens is 511 g/mol. The zero-order valence-electron chi connectivity index (χ0n) is 19.2. The minimum atomic E-state index is -0.417. The molecule has 1 unspecified atom stereocenters. The second-order valence-corrected chi connectivity index (χ2v) is 10.4. The molecule has 0 bridgehead atoms. The molecule has 1 aliphatic rings. The standard InChI is InChI=1S/C26H31IN4O/c1-5-26(6-2,19-12-14-20(27)15-13-19)30-24(32)21-17-28-31-23(21)29-22(16-25(31,3)4)18-10-8-7-9-11-18/h7-15,17,22,29H,5-6,16H2,1-4H3,(H,30,32). The molecule has 0 spiro atoms. The fourth-order valence-corrected chi connectivity index (χ4v) is 5.12. The minimum absolute atomic E-state index is 0.0921. The van der Waals surface area contributed by atoms with Gasteiger partial charge >= 0.3 is 0 Å². The zero-order chi connectivity index (χ0) is 22.9. The summed E-state index contributed by atoms with van der Waals surface area (Å²) in [6.07, 6.45) is 4.22. The van der Waals surface area contributed by atoms with Crippen LogP contribution in [-0.4, -0.2) is 15.7 Å². The first-order chi connectivity index (χ1) is 15.3. The maximum atomic E-state index is 13.6. The molecule has 0 saturated carbocycles. The van der Waals surface area contributed by atoms with Gasteiger partial charge in [0.2, 0.25) is 0 Å². The van der Waals surface area contributed by atoms with Crippen molar-refractivity contribution in [1.29, 1.82) is 0 Å². The Bertz CT molecular complexity index is 1080. The SMILES string of the molecule is CCC(CC)(NC(=O)c1cnn2c1NC(c1ccccc1)CC2(C)C)c1ccc(I)cc1. The van der Waals surface area contributed by atoms with Crippen LogP contribution < -0.4 is 10.6 Å². The molecule has 2 heterocycles. The molecular formula is C26H31IN4O. The lowest BCUT2D eigenvalue weighted by molar-refractivity contribution is 0.0890. The first-order valence-corrected chi connectivity index (χ1v) is 12.4. The molecule has 168 valence electrons. The third-order valence-corrected chi connectivity index (χ3v) is 7.48. The Morgan fingerprint density at radius 3 is 2.44 bits per heavy atom. The van der Waals surface area contributed by atoms with Gasteiger partial charge in [-0.3, -0.25) is 4.79 Å². The van der Waals surface area contributed by atoms with Crippen LogP contribution in [0.3, 0.4) is 0 Å². The van der Waals surface area contributed by atoms with Crippen molar-refractivity contribution in [3.8, 4) is 0 Å². The van der Waals surface area contributed by atoms with Gasteiger partial charge in [0.15, 0.2) is 0 Å². The summed E-state index contributed by atoms with van der Waals surface area (Å²) in [5.41, 5.74) is 2.32. The third-order valence-electron chi connectivity index (χ3n) is 6.76. The van der Waals surface area contributed by atoms with E-state index in [0.717, 1.165) is 30.6 Å². The predicted octanol–water partition coefficient (Wildman–Crippen LogP) is 6.23. The van der Waals surface area contributed by atoms with Crippen LogP contribution in [0.15, 0.2) is 60.8 Å². The molecule has 3 aromatic rings. The molecule has 0 saturated heterocycles. The quantitative estimate of drug-likeness (QED) is 0.364. The Labute approximate surface area is 204 Å². The van der Waals surface area contributed by atoms with E-state index in [0.29, 0.717) is 5.56 Å². The van der Waals surface area contributed by atoms with Crippen LogP contribution in [0, 0.1) is 3.57 Å². The number of hydrogen-bond acceptors (Lipinski definition) is 3. The molecule has 32 heavy (non-hydrogen) atoms. The third kappa shape index (κ3) is 4.17. The molecule has 0 aliphatic carbocycles. The lowest BCUT2D eigenvalue weighted by atomic mass is 9.84. The molecule has 1 aromatic heterocycles. The first-order valence-electron chi connectivity index (χ1n) is 11.3. The number of nitrogens with zero attached hydrogens (tertiary/aromatic N) is 2. The van der Waals surface area contributed by atoms with Gasteiger partial charge in [-0.15, -0.1) is 0 Å². The van der Waals surface area contributed by atoms with Crippen molar-refractivity contribution in [3.05, 3.63) is 81.1 Å². The van der Waals surface area contributed by atoms with Crippen molar-refractivity contribution in [1.82, 2.24) is 15.1 Å². The van der Waals surface area contributed by atoms with Gasteiger partial charge in [0.25, 0.3) is 5.91 Å². The highest BCUT2D eigenvalue weighted by atomic mass is 127. The Kier molecular flexibility index (Phi) is 6.34. The van der Waals surface area contributed by atoms with E-state index in [1.807, 2.05) is 10.7 Å². The summed E-state index contributed by atoms with van der Waals surface area (Å²) in [4.78, 5) is 13.6. The Hall–Kier alpha value is -2.35. The number of anilines is 1. The molecule has 1 aliphatic heterocycles. The second-order valence-electron chi connectivity index (χ2n) is 9.19. The van der Waals surface area contributed by atoms with Crippen molar-refractivity contribution in [3.63, 3.8) is 0 Å². The van der Waals surface area contributed by atoms with Crippen molar-refractivity contribution < 1.29 is 4.79 Å². The number of fused-ring (bicyclic) bond motifs is 1. The van der Waals surface area contributed by atoms with Crippen LogP contribution in [-0.2, 0) is 11.1 Å². The zero-order valence-corrected chi connectivity index (χ0v) is 21.3. The lowest BCUT2D eigenvalue weighted by Crippen LogP contribution is -2.45. The van der Waals surface area contributed by atoms with Gasteiger partial charge in [-0.05, 0) is 79.0 Å². The van der Waals surface area contributed by atoms with Crippen LogP contribution >= 0.6 is 22.6 Å². The summed E-state index contributed by atoms with van der Waals surface area (Å²) < 4.78 is 3.15. The van der Waals surface area contributed by atoms with Crippen molar-refractivity contribution in [2.24, 2.45) is 0 Å². The molecule has 1 atom stereocenters. The summed E-state index contributed by atoms with van der Waals surface area (Å²) in [7, 11) is 0. The van der Waals surface area contributed by atoms with Gasteiger partial charge < -0.3 is 10.6 Å². The normalized spacial score (nSPS) is 17.3. The van der Waals surface area contributed by atoms with Crippen LogP contribution in [0.5, 0.6) is 0 Å². The van der Waals surface area contributed by atoms with Gasteiger partial charge in [-0.25, -0.2) is 4.68 Å². The summed E-state index contributed by atoms with van der Waals surface area (Å²) in [6.45, 7) is 8.61. The minimum Gasteiger partial charge on any atom is -0.363 e. The molecule has 0 radical (unpaired) electrons. The Morgan fingerprint density at radius 1 is 1.16 bits per heavy atom. The maximum Gasteiger partial charge on any atom is 0.257 e. The number of benzene rings is 2. The molecule has 0 fully saturated rings. The average Bonchev–Trinajstić information content (AvgIpc) is 3.24. The van der Waals surface area contributed by atoms with E-state index in [-0.39, 0.29) is 17.5 Å². The van der Waals surface area contributed by atoms with E-state index in [2.05, 4.69) is 115 Å². The topological polar surface area (TPSA) is 59.0 Å². The fraction of sp³-hybridized carbons (Fsp3) is 0.385. The van der Waals surface area contributed by atoms with Gasteiger partial charge in [-0.2, -0.15) is 5.10 Å². The molecule has 4 rings (SSSR count). The van der Waals surface area contributed by atoms with Crippen LogP contribution in [0.4, 0.5) is 5.82 Å². The van der Waals surface area contributed by atoms with E-state index in [4.69, 9.17) is 0 Å². The van der Waals surface area contributed by atoms with Crippen LogP contribution in [0.1, 0.15) is 74.5 Å². The summed E-state index contributed by atoms with van der Waals surface area (Å²) in [6, 6.07) is 19.0. The van der Waals surface area contributed by atoms with Crippen LogP contribution in [0.25, 0.3) is 0 Å². The summed E-state index contributed by atoms with van der Waals surface area (Å²) >= 11 is 2.31. The number of nitrogens with one attached hydrogen (secondary N) is 2. The largest absolute Gasteiger partial charge is 0.363 e. The van der Waals surface area contributed by atoms with Crippen molar-refractivity contribution in [2.75, 3.05) is 5.32 Å². The van der Waals surface area contributed by atoms with E-state index in [9.17, 15) is 4.79 Å². The number of amides is 1. The van der Waals surface area contributed by atoms with Gasteiger partial charge in [0.05, 0.1) is 23.3 Å². The number of carbonyl (C=O) groups excluding carboxylic acids is 1. The lowest BCUT2D eigenvalue weighted by Gasteiger charge is -2.38. The highest BCUT2D eigenvalue weighted by Gasteiger charge is 2.38. The predicted molar refractivity (Wildman–Crippen MR) is 138 cm³/mol. The van der Waals surface area contributed by atoms with Crippen molar-refractivity contribution >= 4 is 34.3 Å². The molecule has 6 heteroatoms. The van der Waals surface area contributed by atoms with Gasteiger partial charge in [-0.1, -0.05) is 56.3 Å². The summed E-state index contributed by atoms with van der Waals surface area (Å²) in [5, 5.41) is 11.6. The number of carbonyl (C=O) groups is 1. The Morgan fingerprint density at radius 2 is 1.81 bits per heavy atom. The molecule has 5 nitrogen and oxygen atoms in total. The number of hydrogen-bond donors (Lipinski definition) is 2. The highest BCUT2D eigenvalue weighted by Crippen LogP contribution is 2.40. The van der Waals surface area contributed by atoms with E-state index >= 15 is 0 Å². The Balaban J connectivity index is 1.67. The van der Waals surface area contributed by atoms with E-state index < -0.39 is 5.54 Å². The van der Waals surface area contributed by atoms with E-state index in [1.54, 1.807) is 6.20 Å². The fourth-order valence-electron chi connectivity index (χ4n) is 4.76. The monoisotopic (exact) mass is 542 g/mol. The number of rotatable bonds is 6. The summed E-state index contributed by atoms with van der Waals surface area (Å²) in [5.74, 6) is 0.696. The van der Waals surface area contributed by atoms with Crippen molar-refractivity contribution in [2.45, 2.75) is 64.1 Å². The highest BCUT2D eigenvalue weighted by molar-refractivity contribution is 14.1. The van der Waals surface area contributed by atoms with Crippen LogP contribution in [0.2, 0.25) is 0 Å². The number of halogens is 1. The molecule has 2 aromatic carbocycles. The molecule has 1 amide bonds. The second kappa shape index (κ2) is 8.89. The average molecular weight is 542 g/mol. The van der Waals surface area contributed by atoms with Gasteiger partial charge in [0, 0.05) is 3.57 Å². The maximum absolute atomic E-state index is 13.6. The number of aromatic nitrogens is 2. The van der Waals surface area contributed by atoms with E-state index in [1.165, 1.54) is 9.13 Å².